The Kier molecular flexibility index (Phi) is 2.78. The molecule has 3 heterocycles. The molecule has 0 N–H and O–H groups in total. The summed E-state index contributed by atoms with van der Waals surface area (Å²) in [4.78, 5) is 5.36. The van der Waals surface area contributed by atoms with Crippen molar-refractivity contribution in [2.75, 3.05) is 26.2 Å². The Hall–Kier alpha value is -1.06. The zero-order chi connectivity index (χ0) is 12.8. The van der Waals surface area contributed by atoms with Crippen molar-refractivity contribution < 1.29 is 4.74 Å². The van der Waals surface area contributed by atoms with E-state index in [2.05, 4.69) is 41.0 Å². The molecule has 0 amide bonds. The molecule has 2 fully saturated rings. The third-order valence-corrected chi connectivity index (χ3v) is 5.06. The molecule has 0 aliphatic carbocycles. The van der Waals surface area contributed by atoms with Crippen molar-refractivity contribution in [3.05, 3.63) is 29.8 Å². The molecule has 0 saturated carbocycles. The Morgan fingerprint density at radius 2 is 2.11 bits per heavy atom. The maximum atomic E-state index is 5.87. The van der Waals surface area contributed by atoms with Crippen LogP contribution in [0.1, 0.15) is 31.4 Å². The van der Waals surface area contributed by atoms with Crippen molar-refractivity contribution in [1.29, 1.82) is 0 Å². The zero-order valence-corrected chi connectivity index (χ0v) is 11.6. The van der Waals surface area contributed by atoms with Crippen LogP contribution in [0.2, 0.25) is 0 Å². The Morgan fingerprint density at radius 3 is 3.05 bits per heavy atom. The SMILES string of the molecule is CC1CN2CCCC2CN1C1COc2ccccc21. The molecule has 3 unspecified atom stereocenters. The first-order chi connectivity index (χ1) is 9.33. The number of rotatable bonds is 1. The molecule has 3 heteroatoms. The minimum Gasteiger partial charge on any atom is -0.491 e. The lowest BCUT2D eigenvalue weighted by molar-refractivity contribution is 0.0210. The van der Waals surface area contributed by atoms with Gasteiger partial charge in [0.15, 0.2) is 0 Å². The number of hydrogen-bond donors (Lipinski definition) is 0. The standard InChI is InChI=1S/C16H22N2O/c1-12-9-17-8-4-5-13(17)10-18(12)15-11-19-16-7-3-2-6-14(15)16/h2-3,6-7,12-13,15H,4-5,8-11H2,1H3. The average molecular weight is 258 g/mol. The second-order valence-corrected chi connectivity index (χ2v) is 6.20. The van der Waals surface area contributed by atoms with Crippen LogP contribution in [-0.4, -0.2) is 48.1 Å². The highest BCUT2D eigenvalue weighted by Crippen LogP contribution is 2.39. The van der Waals surface area contributed by atoms with E-state index in [-0.39, 0.29) is 0 Å². The Labute approximate surface area is 115 Å². The summed E-state index contributed by atoms with van der Waals surface area (Å²) >= 11 is 0. The second kappa shape index (κ2) is 4.50. The van der Waals surface area contributed by atoms with Gasteiger partial charge in [-0.1, -0.05) is 18.2 Å². The smallest absolute Gasteiger partial charge is 0.124 e. The van der Waals surface area contributed by atoms with Gasteiger partial charge in [-0.2, -0.15) is 0 Å². The topological polar surface area (TPSA) is 15.7 Å². The molecule has 2 saturated heterocycles. The quantitative estimate of drug-likeness (QED) is 0.768. The predicted molar refractivity (Wildman–Crippen MR) is 75.4 cm³/mol. The van der Waals surface area contributed by atoms with Crippen molar-refractivity contribution in [1.82, 2.24) is 9.80 Å². The highest BCUT2D eigenvalue weighted by Gasteiger charge is 2.40. The predicted octanol–water partition coefficient (Wildman–Crippen LogP) is 2.29. The molecule has 3 nitrogen and oxygen atoms in total. The van der Waals surface area contributed by atoms with E-state index in [0.29, 0.717) is 12.1 Å². The third kappa shape index (κ3) is 1.87. The molecular weight excluding hydrogens is 236 g/mol. The van der Waals surface area contributed by atoms with Crippen LogP contribution in [0.15, 0.2) is 24.3 Å². The van der Waals surface area contributed by atoms with Crippen LogP contribution < -0.4 is 4.74 Å². The van der Waals surface area contributed by atoms with Crippen molar-refractivity contribution >= 4 is 0 Å². The first kappa shape index (κ1) is 11.7. The molecule has 3 aliphatic heterocycles. The second-order valence-electron chi connectivity index (χ2n) is 6.20. The van der Waals surface area contributed by atoms with Crippen LogP contribution in [0.3, 0.4) is 0 Å². The molecule has 19 heavy (non-hydrogen) atoms. The van der Waals surface area contributed by atoms with E-state index in [0.717, 1.165) is 18.4 Å². The number of ether oxygens (including phenoxy) is 1. The number of piperazine rings is 1. The van der Waals surface area contributed by atoms with Crippen molar-refractivity contribution in [2.45, 2.75) is 37.9 Å². The van der Waals surface area contributed by atoms with E-state index in [1.165, 1.54) is 38.0 Å². The lowest BCUT2D eigenvalue weighted by Gasteiger charge is -2.44. The summed E-state index contributed by atoms with van der Waals surface area (Å²) in [5, 5.41) is 0. The summed E-state index contributed by atoms with van der Waals surface area (Å²) in [5.41, 5.74) is 1.39. The van der Waals surface area contributed by atoms with Gasteiger partial charge in [0, 0.05) is 30.7 Å². The molecule has 102 valence electrons. The van der Waals surface area contributed by atoms with E-state index in [9.17, 15) is 0 Å². The van der Waals surface area contributed by atoms with E-state index < -0.39 is 0 Å². The summed E-state index contributed by atoms with van der Waals surface area (Å²) in [5.74, 6) is 1.09. The van der Waals surface area contributed by atoms with Crippen molar-refractivity contribution in [3.63, 3.8) is 0 Å². The van der Waals surface area contributed by atoms with Gasteiger partial charge in [0.2, 0.25) is 0 Å². The van der Waals surface area contributed by atoms with Gasteiger partial charge >= 0.3 is 0 Å². The fourth-order valence-electron chi connectivity index (χ4n) is 4.06. The van der Waals surface area contributed by atoms with Gasteiger partial charge in [-0.15, -0.1) is 0 Å². The van der Waals surface area contributed by atoms with Gasteiger partial charge in [-0.05, 0) is 32.4 Å². The molecular formula is C16H22N2O. The van der Waals surface area contributed by atoms with Crippen LogP contribution in [0.4, 0.5) is 0 Å². The molecule has 0 bridgehead atoms. The van der Waals surface area contributed by atoms with E-state index in [1.54, 1.807) is 0 Å². The van der Waals surface area contributed by atoms with E-state index in [1.807, 2.05) is 0 Å². The number of benzene rings is 1. The van der Waals surface area contributed by atoms with E-state index in [4.69, 9.17) is 4.74 Å². The summed E-state index contributed by atoms with van der Waals surface area (Å²) in [6.07, 6.45) is 2.75. The lowest BCUT2D eigenvalue weighted by atomic mass is 10.0. The summed E-state index contributed by atoms with van der Waals surface area (Å²) < 4.78 is 5.87. The monoisotopic (exact) mass is 258 g/mol. The Balaban J connectivity index is 1.59. The highest BCUT2D eigenvalue weighted by molar-refractivity contribution is 5.39. The van der Waals surface area contributed by atoms with Crippen LogP contribution in [0, 0.1) is 0 Å². The molecule has 3 atom stereocenters. The first-order valence-corrected chi connectivity index (χ1v) is 7.54. The van der Waals surface area contributed by atoms with Gasteiger partial charge in [0.25, 0.3) is 0 Å². The Bertz CT molecular complexity index is 476. The maximum Gasteiger partial charge on any atom is 0.124 e. The highest BCUT2D eigenvalue weighted by atomic mass is 16.5. The largest absolute Gasteiger partial charge is 0.491 e. The Morgan fingerprint density at radius 1 is 1.21 bits per heavy atom. The maximum absolute atomic E-state index is 5.87. The lowest BCUT2D eigenvalue weighted by Crippen LogP contribution is -2.56. The van der Waals surface area contributed by atoms with Gasteiger partial charge in [-0.3, -0.25) is 9.80 Å². The number of para-hydroxylation sites is 1. The van der Waals surface area contributed by atoms with Gasteiger partial charge < -0.3 is 4.74 Å². The van der Waals surface area contributed by atoms with Crippen LogP contribution in [-0.2, 0) is 0 Å². The minimum absolute atomic E-state index is 0.467. The van der Waals surface area contributed by atoms with Gasteiger partial charge in [0.05, 0.1) is 6.04 Å². The number of nitrogens with zero attached hydrogens (tertiary/aromatic N) is 2. The average Bonchev–Trinajstić information content (AvgIpc) is 3.03. The molecule has 4 rings (SSSR count). The number of hydrogen-bond acceptors (Lipinski definition) is 3. The number of fused-ring (bicyclic) bond motifs is 2. The molecule has 1 aromatic carbocycles. The molecule has 0 spiro atoms. The fraction of sp³-hybridized carbons (Fsp3) is 0.625. The van der Waals surface area contributed by atoms with E-state index >= 15 is 0 Å². The van der Waals surface area contributed by atoms with Gasteiger partial charge in [0.1, 0.15) is 12.4 Å². The normalized spacial score (nSPS) is 34.9. The van der Waals surface area contributed by atoms with Gasteiger partial charge in [-0.25, -0.2) is 0 Å². The third-order valence-electron chi connectivity index (χ3n) is 5.06. The van der Waals surface area contributed by atoms with Crippen LogP contribution in [0.25, 0.3) is 0 Å². The molecule has 3 aliphatic rings. The molecule has 0 aromatic heterocycles. The van der Waals surface area contributed by atoms with Crippen molar-refractivity contribution in [3.8, 4) is 5.75 Å². The first-order valence-electron chi connectivity index (χ1n) is 7.54. The molecule has 1 aromatic rings. The summed E-state index contributed by atoms with van der Waals surface area (Å²) in [6, 6.07) is 10.4. The minimum atomic E-state index is 0.467. The fourth-order valence-corrected chi connectivity index (χ4v) is 4.06. The molecule has 0 radical (unpaired) electrons. The summed E-state index contributed by atoms with van der Waals surface area (Å²) in [6.45, 7) is 6.94. The zero-order valence-electron chi connectivity index (χ0n) is 11.6. The van der Waals surface area contributed by atoms with Crippen LogP contribution >= 0.6 is 0 Å². The summed E-state index contributed by atoms with van der Waals surface area (Å²) in [7, 11) is 0. The van der Waals surface area contributed by atoms with Crippen molar-refractivity contribution in [2.24, 2.45) is 0 Å². The van der Waals surface area contributed by atoms with Crippen LogP contribution in [0.5, 0.6) is 5.75 Å².